The minimum Gasteiger partial charge on any atom is -0.493 e. The van der Waals surface area contributed by atoms with Crippen molar-refractivity contribution < 1.29 is 33.3 Å². The summed E-state index contributed by atoms with van der Waals surface area (Å²) in [5.41, 5.74) is 0.546. The number of benzene rings is 2. The zero-order chi connectivity index (χ0) is 28.2. The number of piperidine rings is 1. The molecule has 0 unspecified atom stereocenters. The Balaban J connectivity index is 1.35. The second-order valence-corrected chi connectivity index (χ2v) is 9.58. The number of carboxylic acids is 1. The van der Waals surface area contributed by atoms with Gasteiger partial charge in [-0.2, -0.15) is 4.98 Å². The number of carbonyl (C=O) groups excluding carboxylic acids is 1. The Morgan fingerprint density at radius 1 is 1.20 bits per heavy atom. The second-order valence-electron chi connectivity index (χ2n) is 8.76. The lowest BCUT2D eigenvalue weighted by atomic mass is 10.1. The molecular weight excluding hydrogens is 541 g/mol. The highest BCUT2D eigenvalue weighted by atomic mass is 32.1. The number of halogens is 1. The molecule has 206 valence electrons. The van der Waals surface area contributed by atoms with E-state index in [9.17, 15) is 9.59 Å². The van der Waals surface area contributed by atoms with E-state index in [1.165, 1.54) is 37.0 Å². The van der Waals surface area contributed by atoms with Crippen LogP contribution in [0.1, 0.15) is 23.3 Å². The first-order chi connectivity index (χ1) is 19.3. The van der Waals surface area contributed by atoms with E-state index in [0.717, 1.165) is 17.4 Å². The number of methoxy groups -OCH3 is 1. The first-order valence-corrected chi connectivity index (χ1v) is 13.1. The van der Waals surface area contributed by atoms with Crippen LogP contribution in [-0.2, 0) is 4.79 Å². The van der Waals surface area contributed by atoms with Gasteiger partial charge in [0.05, 0.1) is 18.3 Å². The van der Waals surface area contributed by atoms with Crippen LogP contribution >= 0.6 is 11.3 Å². The molecule has 3 heterocycles. The Bertz CT molecular complexity index is 1590. The molecule has 5 rings (SSSR count). The van der Waals surface area contributed by atoms with Crippen molar-refractivity contribution in [2.24, 2.45) is 0 Å². The summed E-state index contributed by atoms with van der Waals surface area (Å²) in [5.74, 6) is -0.421. The normalized spacial score (nSPS) is 13.6. The van der Waals surface area contributed by atoms with Gasteiger partial charge >= 0.3 is 5.97 Å². The third kappa shape index (κ3) is 5.78. The number of carboxylic acid groups (broad SMARTS) is 1. The summed E-state index contributed by atoms with van der Waals surface area (Å²) >= 11 is 0.993. The van der Waals surface area contributed by atoms with Crippen LogP contribution in [0.15, 0.2) is 54.7 Å². The van der Waals surface area contributed by atoms with E-state index in [1.54, 1.807) is 17.0 Å². The molecule has 13 heteroatoms. The van der Waals surface area contributed by atoms with Gasteiger partial charge in [-0.3, -0.25) is 4.79 Å². The van der Waals surface area contributed by atoms with Crippen molar-refractivity contribution in [2.45, 2.75) is 18.9 Å². The molecule has 0 spiro atoms. The number of thiazole rings is 1. The summed E-state index contributed by atoms with van der Waals surface area (Å²) in [6, 6.07) is 7.63. The summed E-state index contributed by atoms with van der Waals surface area (Å²) in [7, 11) is 1.53. The number of hydrogen-bond donors (Lipinski definition) is 2. The Hall–Kier alpha value is -4.78. The molecule has 0 radical (unpaired) electrons. The molecule has 1 amide bonds. The quantitative estimate of drug-likeness (QED) is 0.266. The highest BCUT2D eigenvalue weighted by molar-refractivity contribution is 7.11. The fourth-order valence-electron chi connectivity index (χ4n) is 4.21. The van der Waals surface area contributed by atoms with Gasteiger partial charge in [-0.05, 0) is 24.3 Å². The Morgan fingerprint density at radius 2 is 2.00 bits per heavy atom. The number of anilines is 2. The number of aromatic nitrogens is 3. The maximum atomic E-state index is 15.0. The van der Waals surface area contributed by atoms with Gasteiger partial charge in [0, 0.05) is 48.8 Å². The maximum Gasteiger partial charge on any atom is 0.355 e. The van der Waals surface area contributed by atoms with Gasteiger partial charge in [0.2, 0.25) is 5.91 Å². The van der Waals surface area contributed by atoms with Crippen molar-refractivity contribution in [3.05, 3.63) is 66.2 Å². The molecule has 4 aromatic rings. The van der Waals surface area contributed by atoms with Crippen molar-refractivity contribution >= 4 is 45.6 Å². The monoisotopic (exact) mass is 565 g/mol. The third-order valence-corrected chi connectivity index (χ3v) is 6.96. The Kier molecular flexibility index (Phi) is 7.73. The number of hydrogen-bond acceptors (Lipinski definition) is 10. The highest BCUT2D eigenvalue weighted by Crippen LogP contribution is 2.37. The first kappa shape index (κ1) is 26.8. The summed E-state index contributed by atoms with van der Waals surface area (Å²) in [5, 5.41) is 14.0. The molecule has 1 saturated heterocycles. The predicted molar refractivity (Wildman–Crippen MR) is 145 cm³/mol. The minimum absolute atomic E-state index is 0.0822. The molecule has 11 nitrogen and oxygen atoms in total. The molecule has 2 aromatic carbocycles. The van der Waals surface area contributed by atoms with E-state index < -0.39 is 11.8 Å². The van der Waals surface area contributed by atoms with E-state index in [2.05, 4.69) is 26.8 Å². The SMILES string of the molecule is C=CC(=O)N1CCC(Oc2cc3c(Nc4ccc(Oc5nc(C(=O)O)cs5)cc4F)ncnc3cc2OC)CC1. The Morgan fingerprint density at radius 3 is 2.67 bits per heavy atom. The van der Waals surface area contributed by atoms with Gasteiger partial charge in [0.15, 0.2) is 17.2 Å². The van der Waals surface area contributed by atoms with Gasteiger partial charge in [-0.25, -0.2) is 19.2 Å². The zero-order valence-electron chi connectivity index (χ0n) is 21.3. The number of rotatable bonds is 9. The van der Waals surface area contributed by atoms with Gasteiger partial charge in [0.25, 0.3) is 5.19 Å². The number of likely N-dealkylation sites (tertiary alicyclic amines) is 1. The van der Waals surface area contributed by atoms with Crippen molar-refractivity contribution in [3.63, 3.8) is 0 Å². The third-order valence-electron chi connectivity index (χ3n) is 6.24. The van der Waals surface area contributed by atoms with Crippen LogP contribution in [0, 0.1) is 5.82 Å². The number of fused-ring (bicyclic) bond motifs is 1. The van der Waals surface area contributed by atoms with Crippen LogP contribution < -0.4 is 19.5 Å². The van der Waals surface area contributed by atoms with Crippen LogP contribution in [0.3, 0.4) is 0 Å². The van der Waals surface area contributed by atoms with E-state index >= 15 is 4.39 Å². The van der Waals surface area contributed by atoms with Crippen LogP contribution in [0.25, 0.3) is 10.9 Å². The predicted octanol–water partition coefficient (Wildman–Crippen LogP) is 5.02. The molecular formula is C27H24FN5O6S. The minimum atomic E-state index is -1.18. The molecule has 2 N–H and O–H groups in total. The van der Waals surface area contributed by atoms with Gasteiger partial charge in [-0.1, -0.05) is 17.9 Å². The van der Waals surface area contributed by atoms with Gasteiger partial charge in [-0.15, -0.1) is 0 Å². The zero-order valence-corrected chi connectivity index (χ0v) is 22.1. The highest BCUT2D eigenvalue weighted by Gasteiger charge is 2.24. The van der Waals surface area contributed by atoms with E-state index in [0.29, 0.717) is 54.2 Å². The summed E-state index contributed by atoms with van der Waals surface area (Å²) in [6.45, 7) is 4.66. The second kappa shape index (κ2) is 11.5. The number of aromatic carboxylic acids is 1. The average molecular weight is 566 g/mol. The van der Waals surface area contributed by atoms with E-state index in [1.807, 2.05) is 0 Å². The van der Waals surface area contributed by atoms with E-state index in [4.69, 9.17) is 19.3 Å². The number of nitrogens with zero attached hydrogens (tertiary/aromatic N) is 4. The van der Waals surface area contributed by atoms with Crippen molar-refractivity contribution in [1.82, 2.24) is 19.9 Å². The molecule has 0 atom stereocenters. The smallest absolute Gasteiger partial charge is 0.355 e. The molecule has 1 aliphatic rings. The molecule has 1 aliphatic heterocycles. The van der Waals surface area contributed by atoms with Crippen LogP contribution in [0.5, 0.6) is 22.4 Å². The van der Waals surface area contributed by atoms with Crippen molar-refractivity contribution in [3.8, 4) is 22.4 Å². The summed E-state index contributed by atoms with van der Waals surface area (Å²) in [4.78, 5) is 37.1. The average Bonchev–Trinajstić information content (AvgIpc) is 3.43. The molecule has 2 aromatic heterocycles. The lowest BCUT2D eigenvalue weighted by Gasteiger charge is -2.31. The lowest BCUT2D eigenvalue weighted by molar-refractivity contribution is -0.127. The number of carbonyl (C=O) groups is 2. The molecule has 0 bridgehead atoms. The van der Waals surface area contributed by atoms with Gasteiger partial charge < -0.3 is 29.5 Å². The number of ether oxygens (including phenoxy) is 3. The van der Waals surface area contributed by atoms with Crippen molar-refractivity contribution in [1.29, 1.82) is 0 Å². The van der Waals surface area contributed by atoms with Crippen LogP contribution in [0.2, 0.25) is 0 Å². The molecule has 0 saturated carbocycles. The first-order valence-electron chi connectivity index (χ1n) is 12.2. The standard InChI is InChI=1S/C27H24FN5O6S/c1-3-24(34)33-8-6-15(7-9-33)38-23-11-17-20(12-22(23)37-2)29-14-30-25(17)31-19-5-4-16(10-18(19)28)39-27-32-21(13-40-27)26(35)36/h3-5,10-15H,1,6-9H2,2H3,(H,35,36)(H,29,30,31). The maximum absolute atomic E-state index is 15.0. The van der Waals surface area contributed by atoms with Gasteiger partial charge in [0.1, 0.15) is 29.8 Å². The topological polar surface area (TPSA) is 136 Å². The number of nitrogens with one attached hydrogen (secondary N) is 1. The number of amides is 1. The summed E-state index contributed by atoms with van der Waals surface area (Å²) < 4.78 is 32.3. The summed E-state index contributed by atoms with van der Waals surface area (Å²) in [6.07, 6.45) is 3.83. The van der Waals surface area contributed by atoms with E-state index in [-0.39, 0.29) is 34.3 Å². The van der Waals surface area contributed by atoms with Crippen LogP contribution in [0.4, 0.5) is 15.9 Å². The fourth-order valence-corrected chi connectivity index (χ4v) is 4.87. The van der Waals surface area contributed by atoms with Crippen LogP contribution in [-0.4, -0.2) is 63.1 Å². The molecule has 40 heavy (non-hydrogen) atoms. The molecule has 1 fully saturated rings. The van der Waals surface area contributed by atoms with Crippen molar-refractivity contribution in [2.75, 3.05) is 25.5 Å². The lowest BCUT2D eigenvalue weighted by Crippen LogP contribution is -2.41. The molecule has 0 aliphatic carbocycles. The fraction of sp³-hybridized carbons (Fsp3) is 0.222. The largest absolute Gasteiger partial charge is 0.493 e. The Labute approximate surface area is 231 Å².